The highest BCUT2D eigenvalue weighted by atomic mass is 16.2. The van der Waals surface area contributed by atoms with Gasteiger partial charge in [0, 0.05) is 12.6 Å². The van der Waals surface area contributed by atoms with E-state index >= 15 is 0 Å². The van der Waals surface area contributed by atoms with Gasteiger partial charge in [-0.15, -0.1) is 0 Å². The molecule has 104 valence electrons. The van der Waals surface area contributed by atoms with Crippen LogP contribution in [0.2, 0.25) is 0 Å². The molecule has 1 N–H and O–H groups in total. The number of piperidine rings is 1. The van der Waals surface area contributed by atoms with Crippen molar-refractivity contribution in [2.45, 2.75) is 38.6 Å². The summed E-state index contributed by atoms with van der Waals surface area (Å²) in [6.07, 6.45) is 4.93. The van der Waals surface area contributed by atoms with Gasteiger partial charge >= 0.3 is 0 Å². The van der Waals surface area contributed by atoms with E-state index in [9.17, 15) is 4.79 Å². The van der Waals surface area contributed by atoms with Gasteiger partial charge in [-0.3, -0.25) is 4.79 Å². The van der Waals surface area contributed by atoms with Crippen molar-refractivity contribution in [3.63, 3.8) is 0 Å². The Morgan fingerprint density at radius 1 is 1.28 bits per heavy atom. The van der Waals surface area contributed by atoms with E-state index in [-0.39, 0.29) is 5.91 Å². The van der Waals surface area contributed by atoms with E-state index in [1.165, 1.54) is 38.8 Å². The summed E-state index contributed by atoms with van der Waals surface area (Å²) in [6.45, 7) is 6.86. The van der Waals surface area contributed by atoms with Gasteiger partial charge in [-0.25, -0.2) is 0 Å². The zero-order valence-electron chi connectivity index (χ0n) is 11.8. The molecule has 1 aliphatic carbocycles. The molecule has 0 unspecified atom stereocenters. The third kappa shape index (κ3) is 3.95. The van der Waals surface area contributed by atoms with Crippen molar-refractivity contribution < 1.29 is 4.79 Å². The monoisotopic (exact) mass is 253 g/mol. The Kier molecular flexibility index (Phi) is 5.01. The van der Waals surface area contributed by atoms with Crippen LogP contribution >= 0.6 is 0 Å². The predicted octanol–water partition coefficient (Wildman–Crippen LogP) is 0.929. The minimum absolute atomic E-state index is 0.285. The molecule has 0 radical (unpaired) electrons. The molecular formula is C14H27N3O. The van der Waals surface area contributed by atoms with Gasteiger partial charge in [0.25, 0.3) is 0 Å². The maximum Gasteiger partial charge on any atom is 0.236 e. The third-order valence-corrected chi connectivity index (χ3v) is 4.20. The molecule has 2 aliphatic rings. The largest absolute Gasteiger partial charge is 0.339 e. The van der Waals surface area contributed by atoms with E-state index < -0.39 is 0 Å². The standard InChI is InChI=1S/C14H27N3O/c1-3-17(13-4-5-13)14(18)11-15-10-12-6-8-16(2)9-7-12/h12-13,15H,3-11H2,1-2H3. The van der Waals surface area contributed by atoms with Crippen LogP contribution in [0.25, 0.3) is 0 Å². The van der Waals surface area contributed by atoms with Crippen LogP contribution in [-0.2, 0) is 4.79 Å². The number of carbonyl (C=O) groups excluding carboxylic acids is 1. The highest BCUT2D eigenvalue weighted by Gasteiger charge is 2.30. The van der Waals surface area contributed by atoms with Crippen molar-refractivity contribution in [2.75, 3.05) is 39.8 Å². The quantitative estimate of drug-likeness (QED) is 0.765. The van der Waals surface area contributed by atoms with E-state index in [2.05, 4.69) is 24.2 Å². The van der Waals surface area contributed by atoms with Crippen LogP contribution in [0.15, 0.2) is 0 Å². The number of likely N-dealkylation sites (N-methyl/N-ethyl adjacent to an activating group) is 1. The first-order chi connectivity index (χ1) is 8.70. The molecule has 1 aliphatic heterocycles. The Labute approximate surface area is 111 Å². The van der Waals surface area contributed by atoms with Gasteiger partial charge in [0.15, 0.2) is 0 Å². The summed E-state index contributed by atoms with van der Waals surface area (Å²) in [6, 6.07) is 0.549. The molecular weight excluding hydrogens is 226 g/mol. The minimum atomic E-state index is 0.285. The van der Waals surface area contributed by atoms with Gasteiger partial charge in [-0.05, 0) is 65.2 Å². The molecule has 0 spiro atoms. The molecule has 0 aromatic carbocycles. The van der Waals surface area contributed by atoms with E-state index in [4.69, 9.17) is 0 Å². The summed E-state index contributed by atoms with van der Waals surface area (Å²) in [4.78, 5) is 16.4. The number of nitrogens with one attached hydrogen (secondary N) is 1. The molecule has 0 aromatic heterocycles. The Morgan fingerprint density at radius 3 is 2.50 bits per heavy atom. The number of rotatable bonds is 6. The molecule has 4 nitrogen and oxygen atoms in total. The summed E-state index contributed by atoms with van der Waals surface area (Å²) in [5.41, 5.74) is 0. The first kappa shape index (κ1) is 13.8. The van der Waals surface area contributed by atoms with Gasteiger partial charge < -0.3 is 15.1 Å². The Morgan fingerprint density at radius 2 is 1.94 bits per heavy atom. The predicted molar refractivity (Wildman–Crippen MR) is 73.5 cm³/mol. The average Bonchev–Trinajstić information content (AvgIpc) is 3.17. The summed E-state index contributed by atoms with van der Waals surface area (Å²) in [5, 5.41) is 3.36. The first-order valence-corrected chi connectivity index (χ1v) is 7.39. The molecule has 2 fully saturated rings. The van der Waals surface area contributed by atoms with Crippen molar-refractivity contribution in [1.29, 1.82) is 0 Å². The lowest BCUT2D eigenvalue weighted by molar-refractivity contribution is -0.130. The molecule has 1 saturated carbocycles. The zero-order chi connectivity index (χ0) is 13.0. The highest BCUT2D eigenvalue weighted by Crippen LogP contribution is 2.26. The molecule has 18 heavy (non-hydrogen) atoms. The normalized spacial score (nSPS) is 22.1. The smallest absolute Gasteiger partial charge is 0.236 e. The maximum atomic E-state index is 12.0. The molecule has 1 saturated heterocycles. The van der Waals surface area contributed by atoms with Crippen LogP contribution in [-0.4, -0.2) is 61.5 Å². The molecule has 1 heterocycles. The van der Waals surface area contributed by atoms with Crippen LogP contribution < -0.4 is 5.32 Å². The molecule has 0 atom stereocenters. The van der Waals surface area contributed by atoms with Crippen LogP contribution in [0.3, 0.4) is 0 Å². The second-order valence-electron chi connectivity index (χ2n) is 5.79. The Bertz CT molecular complexity index is 270. The lowest BCUT2D eigenvalue weighted by Gasteiger charge is -2.29. The molecule has 0 bridgehead atoms. The number of hydrogen-bond donors (Lipinski definition) is 1. The van der Waals surface area contributed by atoms with Crippen molar-refractivity contribution in [3.05, 3.63) is 0 Å². The fourth-order valence-corrected chi connectivity index (χ4v) is 2.78. The van der Waals surface area contributed by atoms with Crippen LogP contribution in [0.4, 0.5) is 0 Å². The van der Waals surface area contributed by atoms with E-state index in [0.29, 0.717) is 12.6 Å². The van der Waals surface area contributed by atoms with Crippen molar-refractivity contribution >= 4 is 5.91 Å². The van der Waals surface area contributed by atoms with Crippen molar-refractivity contribution in [1.82, 2.24) is 15.1 Å². The summed E-state index contributed by atoms with van der Waals surface area (Å²) >= 11 is 0. The van der Waals surface area contributed by atoms with E-state index in [1.54, 1.807) is 0 Å². The van der Waals surface area contributed by atoms with Crippen molar-refractivity contribution in [2.24, 2.45) is 5.92 Å². The fraction of sp³-hybridized carbons (Fsp3) is 0.929. The average molecular weight is 253 g/mol. The number of carbonyl (C=O) groups is 1. The Balaban J connectivity index is 1.61. The van der Waals surface area contributed by atoms with E-state index in [1.807, 2.05) is 4.90 Å². The van der Waals surface area contributed by atoms with Crippen LogP contribution in [0, 0.1) is 5.92 Å². The number of hydrogen-bond acceptors (Lipinski definition) is 3. The number of nitrogens with zero attached hydrogens (tertiary/aromatic N) is 2. The lowest BCUT2D eigenvalue weighted by Crippen LogP contribution is -2.42. The van der Waals surface area contributed by atoms with Crippen molar-refractivity contribution in [3.8, 4) is 0 Å². The topological polar surface area (TPSA) is 35.6 Å². The molecule has 2 rings (SSSR count). The lowest BCUT2D eigenvalue weighted by atomic mass is 9.97. The zero-order valence-corrected chi connectivity index (χ0v) is 11.8. The molecule has 1 amide bonds. The highest BCUT2D eigenvalue weighted by molar-refractivity contribution is 5.78. The van der Waals surface area contributed by atoms with Gasteiger partial charge in [0.2, 0.25) is 5.91 Å². The Hall–Kier alpha value is -0.610. The summed E-state index contributed by atoms with van der Waals surface area (Å²) in [5.74, 6) is 1.04. The summed E-state index contributed by atoms with van der Waals surface area (Å²) < 4.78 is 0. The number of likely N-dealkylation sites (tertiary alicyclic amines) is 1. The van der Waals surface area contributed by atoms with Crippen LogP contribution in [0.5, 0.6) is 0 Å². The SMILES string of the molecule is CCN(C(=O)CNCC1CCN(C)CC1)C1CC1. The summed E-state index contributed by atoms with van der Waals surface area (Å²) in [7, 11) is 2.18. The minimum Gasteiger partial charge on any atom is -0.339 e. The van der Waals surface area contributed by atoms with Gasteiger partial charge in [-0.2, -0.15) is 0 Å². The van der Waals surface area contributed by atoms with Crippen LogP contribution in [0.1, 0.15) is 32.6 Å². The fourth-order valence-electron chi connectivity index (χ4n) is 2.78. The van der Waals surface area contributed by atoms with Gasteiger partial charge in [-0.1, -0.05) is 0 Å². The maximum absolute atomic E-state index is 12.0. The second kappa shape index (κ2) is 6.53. The van der Waals surface area contributed by atoms with Gasteiger partial charge in [0.05, 0.1) is 6.54 Å². The molecule has 0 aromatic rings. The van der Waals surface area contributed by atoms with E-state index in [0.717, 1.165) is 19.0 Å². The second-order valence-corrected chi connectivity index (χ2v) is 5.79. The third-order valence-electron chi connectivity index (χ3n) is 4.20. The number of amides is 1. The van der Waals surface area contributed by atoms with Gasteiger partial charge in [0.1, 0.15) is 0 Å². The first-order valence-electron chi connectivity index (χ1n) is 7.39. The molecule has 4 heteroatoms.